The number of piperazine rings is 1. The molecule has 1 fully saturated rings. The molecule has 1 aromatic carbocycles. The zero-order chi connectivity index (χ0) is 15.4. The highest BCUT2D eigenvalue weighted by atomic mass is 79.9. The summed E-state index contributed by atoms with van der Waals surface area (Å²) >= 11 is 3.40. The van der Waals surface area contributed by atoms with E-state index in [0.29, 0.717) is 23.6 Å². The Morgan fingerprint density at radius 2 is 2.14 bits per heavy atom. The van der Waals surface area contributed by atoms with E-state index in [-0.39, 0.29) is 12.7 Å². The maximum Gasteiger partial charge on any atom is 0.251 e. The van der Waals surface area contributed by atoms with Crippen molar-refractivity contribution in [1.29, 1.82) is 0 Å². The molecule has 2 N–H and O–H groups in total. The Kier molecular flexibility index (Phi) is 5.17. The van der Waals surface area contributed by atoms with Crippen molar-refractivity contribution in [2.24, 2.45) is 0 Å². The molecule has 7 heteroatoms. The number of nitrogens with zero attached hydrogens (tertiary/aromatic N) is 1. The first-order chi connectivity index (χ1) is 10.7. The average Bonchev–Trinajstić information content (AvgIpc) is 3.01. The van der Waals surface area contributed by atoms with Gasteiger partial charge in [-0.25, -0.2) is 0 Å². The zero-order valence-electron chi connectivity index (χ0n) is 12.4. The maximum atomic E-state index is 12.2. The molecule has 0 saturated carbocycles. The molecule has 0 aliphatic carbocycles. The molecule has 6 nitrogen and oxygen atoms in total. The van der Waals surface area contributed by atoms with Gasteiger partial charge in [0.05, 0.1) is 4.47 Å². The molecule has 120 valence electrons. The lowest BCUT2D eigenvalue weighted by atomic mass is 10.2. The second-order valence-electron chi connectivity index (χ2n) is 5.39. The SMILES string of the molecule is O=C(NCCCN1CCNCC1)c1cc(Br)c2c(c1)OCO2. The van der Waals surface area contributed by atoms with Gasteiger partial charge in [-0.15, -0.1) is 0 Å². The first-order valence-corrected chi connectivity index (χ1v) is 8.34. The summed E-state index contributed by atoms with van der Waals surface area (Å²) in [6.45, 7) is 6.17. The summed E-state index contributed by atoms with van der Waals surface area (Å²) in [7, 11) is 0. The van der Waals surface area contributed by atoms with Gasteiger partial charge in [0.1, 0.15) is 0 Å². The molecular formula is C15H20BrN3O3. The highest BCUT2D eigenvalue weighted by molar-refractivity contribution is 9.10. The number of hydrogen-bond donors (Lipinski definition) is 2. The van der Waals surface area contributed by atoms with Crippen LogP contribution < -0.4 is 20.1 Å². The van der Waals surface area contributed by atoms with Crippen LogP contribution in [0.3, 0.4) is 0 Å². The minimum Gasteiger partial charge on any atom is -0.454 e. The summed E-state index contributed by atoms with van der Waals surface area (Å²) in [5.41, 5.74) is 0.582. The Hall–Kier alpha value is -1.31. The largest absolute Gasteiger partial charge is 0.454 e. The first kappa shape index (κ1) is 15.6. The molecule has 0 spiro atoms. The van der Waals surface area contributed by atoms with Crippen LogP contribution in [0.4, 0.5) is 0 Å². The number of fused-ring (bicyclic) bond motifs is 1. The molecule has 1 aromatic rings. The van der Waals surface area contributed by atoms with Crippen molar-refractivity contribution in [3.05, 3.63) is 22.2 Å². The van der Waals surface area contributed by atoms with E-state index in [9.17, 15) is 4.79 Å². The van der Waals surface area contributed by atoms with Gasteiger partial charge in [0.2, 0.25) is 6.79 Å². The molecule has 2 aliphatic rings. The van der Waals surface area contributed by atoms with Gasteiger partial charge < -0.3 is 25.0 Å². The van der Waals surface area contributed by atoms with Crippen LogP contribution in [0.25, 0.3) is 0 Å². The number of hydrogen-bond acceptors (Lipinski definition) is 5. The number of rotatable bonds is 5. The molecule has 2 heterocycles. The average molecular weight is 370 g/mol. The van der Waals surface area contributed by atoms with Crippen molar-refractivity contribution >= 4 is 21.8 Å². The number of ether oxygens (including phenoxy) is 2. The zero-order valence-corrected chi connectivity index (χ0v) is 13.9. The topological polar surface area (TPSA) is 62.8 Å². The third-order valence-electron chi connectivity index (χ3n) is 3.84. The van der Waals surface area contributed by atoms with Crippen LogP contribution in [0, 0.1) is 0 Å². The summed E-state index contributed by atoms with van der Waals surface area (Å²) in [6, 6.07) is 3.48. The number of carbonyl (C=O) groups is 1. The molecule has 0 atom stereocenters. The lowest BCUT2D eigenvalue weighted by Crippen LogP contribution is -2.44. The van der Waals surface area contributed by atoms with E-state index < -0.39 is 0 Å². The Morgan fingerprint density at radius 1 is 1.32 bits per heavy atom. The summed E-state index contributed by atoms with van der Waals surface area (Å²) in [5.74, 6) is 1.19. The molecule has 0 radical (unpaired) electrons. The van der Waals surface area contributed by atoms with E-state index in [4.69, 9.17) is 9.47 Å². The molecular weight excluding hydrogens is 350 g/mol. The lowest BCUT2D eigenvalue weighted by Gasteiger charge is -2.27. The van der Waals surface area contributed by atoms with E-state index in [1.54, 1.807) is 12.1 Å². The molecule has 1 saturated heterocycles. The van der Waals surface area contributed by atoms with Crippen LogP contribution in [-0.4, -0.2) is 56.9 Å². The van der Waals surface area contributed by atoms with Crippen LogP contribution in [0.5, 0.6) is 11.5 Å². The van der Waals surface area contributed by atoms with Crippen molar-refractivity contribution in [2.75, 3.05) is 46.1 Å². The van der Waals surface area contributed by atoms with E-state index in [1.165, 1.54) is 0 Å². The second kappa shape index (κ2) is 7.30. The number of nitrogens with one attached hydrogen (secondary N) is 2. The summed E-state index contributed by atoms with van der Waals surface area (Å²) in [4.78, 5) is 14.6. The first-order valence-electron chi connectivity index (χ1n) is 7.54. The Balaban J connectivity index is 1.47. The predicted molar refractivity (Wildman–Crippen MR) is 86.5 cm³/mol. The van der Waals surface area contributed by atoms with Gasteiger partial charge in [0.25, 0.3) is 5.91 Å². The predicted octanol–water partition coefficient (Wildman–Crippen LogP) is 1.20. The number of carbonyl (C=O) groups excluding carboxylic acids is 1. The van der Waals surface area contributed by atoms with Gasteiger partial charge in [-0.05, 0) is 41.0 Å². The molecule has 0 aromatic heterocycles. The van der Waals surface area contributed by atoms with E-state index >= 15 is 0 Å². The Morgan fingerprint density at radius 3 is 2.95 bits per heavy atom. The summed E-state index contributed by atoms with van der Waals surface area (Å²) in [5, 5.41) is 6.29. The smallest absolute Gasteiger partial charge is 0.251 e. The quantitative estimate of drug-likeness (QED) is 0.763. The summed E-state index contributed by atoms with van der Waals surface area (Å²) < 4.78 is 11.4. The minimum atomic E-state index is -0.0840. The van der Waals surface area contributed by atoms with Crippen LogP contribution in [-0.2, 0) is 0 Å². The fourth-order valence-corrected chi connectivity index (χ4v) is 3.20. The molecule has 2 aliphatic heterocycles. The van der Waals surface area contributed by atoms with E-state index in [1.807, 2.05) is 0 Å². The highest BCUT2D eigenvalue weighted by Crippen LogP contribution is 2.39. The Bertz CT molecular complexity index is 547. The highest BCUT2D eigenvalue weighted by Gasteiger charge is 2.20. The van der Waals surface area contributed by atoms with Gasteiger partial charge in [0.15, 0.2) is 11.5 Å². The van der Waals surface area contributed by atoms with E-state index in [2.05, 4.69) is 31.5 Å². The van der Waals surface area contributed by atoms with Gasteiger partial charge >= 0.3 is 0 Å². The standard InChI is InChI=1S/C15H20BrN3O3/c16-12-8-11(9-13-14(12)22-10-21-13)15(20)18-2-1-5-19-6-3-17-4-7-19/h8-9,17H,1-7,10H2,(H,18,20). The minimum absolute atomic E-state index is 0.0840. The molecule has 22 heavy (non-hydrogen) atoms. The van der Waals surface area contributed by atoms with Gasteiger partial charge in [-0.2, -0.15) is 0 Å². The van der Waals surface area contributed by atoms with Crippen molar-refractivity contribution in [2.45, 2.75) is 6.42 Å². The second-order valence-corrected chi connectivity index (χ2v) is 6.25. The van der Waals surface area contributed by atoms with Crippen molar-refractivity contribution in [1.82, 2.24) is 15.5 Å². The molecule has 0 bridgehead atoms. The third-order valence-corrected chi connectivity index (χ3v) is 4.42. The molecule has 3 rings (SSSR count). The van der Waals surface area contributed by atoms with Gasteiger partial charge in [-0.1, -0.05) is 0 Å². The Labute approximate surface area is 138 Å². The van der Waals surface area contributed by atoms with Crippen LogP contribution in [0.1, 0.15) is 16.8 Å². The number of benzene rings is 1. The van der Waals surface area contributed by atoms with Gasteiger partial charge in [-0.3, -0.25) is 4.79 Å². The fourth-order valence-electron chi connectivity index (χ4n) is 2.64. The lowest BCUT2D eigenvalue weighted by molar-refractivity contribution is 0.0950. The van der Waals surface area contributed by atoms with Crippen LogP contribution >= 0.6 is 15.9 Å². The maximum absolute atomic E-state index is 12.2. The van der Waals surface area contributed by atoms with Crippen LogP contribution in [0.15, 0.2) is 16.6 Å². The third kappa shape index (κ3) is 3.71. The normalized spacial score (nSPS) is 17.5. The summed E-state index contributed by atoms with van der Waals surface area (Å²) in [6.07, 6.45) is 0.956. The van der Waals surface area contributed by atoms with Gasteiger partial charge in [0, 0.05) is 38.3 Å². The number of amides is 1. The molecule has 1 amide bonds. The number of halogens is 1. The fraction of sp³-hybridized carbons (Fsp3) is 0.533. The van der Waals surface area contributed by atoms with Crippen molar-refractivity contribution in [3.63, 3.8) is 0 Å². The van der Waals surface area contributed by atoms with Crippen LogP contribution in [0.2, 0.25) is 0 Å². The van der Waals surface area contributed by atoms with Crippen molar-refractivity contribution in [3.8, 4) is 11.5 Å². The monoisotopic (exact) mass is 369 g/mol. The van der Waals surface area contributed by atoms with Crippen molar-refractivity contribution < 1.29 is 14.3 Å². The van der Waals surface area contributed by atoms with E-state index in [0.717, 1.165) is 43.6 Å². The molecule has 0 unspecified atom stereocenters.